The van der Waals surface area contributed by atoms with E-state index in [9.17, 15) is 37.0 Å². The third kappa shape index (κ3) is 11.6. The Balaban J connectivity index is 0.00000560. The van der Waals surface area contributed by atoms with Crippen LogP contribution < -0.4 is 105 Å². The summed E-state index contributed by atoms with van der Waals surface area (Å²) < 4.78 is 73.8. The summed E-state index contributed by atoms with van der Waals surface area (Å²) >= 11 is 0.594. The van der Waals surface area contributed by atoms with Gasteiger partial charge >= 0.3 is 88.7 Å². The molecule has 0 aromatic heterocycles. The molecular weight excluding hydrogens is 675 g/mol. The topological polar surface area (TPSA) is 241 Å². The molecule has 0 aliphatic heterocycles. The maximum absolute atomic E-state index is 12.6. The molecule has 0 unspecified atom stereocenters. The van der Waals surface area contributed by atoms with Crippen LogP contribution in [0.1, 0.15) is 0 Å². The van der Waals surface area contributed by atoms with Crippen LogP contribution in [0, 0.1) is 0 Å². The van der Waals surface area contributed by atoms with Gasteiger partial charge in [-0.05, 0) is 42.5 Å². The second-order valence-electron chi connectivity index (χ2n) is 7.10. The summed E-state index contributed by atoms with van der Waals surface area (Å²) in [6, 6.07) is 8.52. The zero-order chi connectivity index (χ0) is 28.6. The molecule has 0 spiro atoms. The number of fused-ring (bicyclic) bond motifs is 1. The molecule has 0 aliphatic carbocycles. The van der Waals surface area contributed by atoms with Gasteiger partial charge in [0.1, 0.15) is 27.2 Å². The van der Waals surface area contributed by atoms with Gasteiger partial charge in [-0.1, -0.05) is 0 Å². The Morgan fingerprint density at radius 1 is 0.929 bits per heavy atom. The van der Waals surface area contributed by atoms with Gasteiger partial charge in [-0.15, -0.1) is 14.6 Å². The van der Waals surface area contributed by atoms with Gasteiger partial charge in [-0.2, -0.15) is 4.33 Å². The molecular formula is C19H16N3Na3O13S4. The molecule has 0 saturated carbocycles. The van der Waals surface area contributed by atoms with E-state index in [1.807, 2.05) is 0 Å². The van der Waals surface area contributed by atoms with E-state index in [0.29, 0.717) is 29.2 Å². The number of anilines is 1. The van der Waals surface area contributed by atoms with Crippen LogP contribution in [0.3, 0.4) is 0 Å². The molecule has 0 amide bonds. The van der Waals surface area contributed by atoms with Gasteiger partial charge < -0.3 is 25.5 Å². The summed E-state index contributed by atoms with van der Waals surface area (Å²) in [4.78, 5) is -1.23. The van der Waals surface area contributed by atoms with Crippen molar-refractivity contribution in [2.75, 3.05) is 24.7 Å². The normalized spacial score (nSPS) is 11.5. The van der Waals surface area contributed by atoms with E-state index in [2.05, 4.69) is 38.5 Å². The number of aromatic hydroxyl groups is 1. The Kier molecular flexibility index (Phi) is 20.0. The monoisotopic (exact) mass is 691 g/mol. The molecule has 23 heteroatoms. The van der Waals surface area contributed by atoms with Crippen LogP contribution in [0.25, 0.3) is 10.8 Å². The predicted octanol–water partition coefficient (Wildman–Crippen LogP) is -7.27. The number of nitrogens with zero attached hydrogens (tertiary/aromatic N) is 2. The first-order valence-corrected chi connectivity index (χ1v) is 14.6. The molecule has 0 bridgehead atoms. The van der Waals surface area contributed by atoms with E-state index in [1.165, 1.54) is 12.1 Å². The van der Waals surface area contributed by atoms with Crippen molar-refractivity contribution in [2.45, 2.75) is 14.7 Å². The first-order valence-electron chi connectivity index (χ1n) is 10.1. The van der Waals surface area contributed by atoms with Crippen molar-refractivity contribution in [1.82, 2.24) is 0 Å². The number of benzene rings is 3. The van der Waals surface area contributed by atoms with Gasteiger partial charge in [0, 0.05) is 22.7 Å². The molecule has 2 N–H and O–H groups in total. The van der Waals surface area contributed by atoms with E-state index in [-0.39, 0.29) is 123 Å². The first-order chi connectivity index (χ1) is 18.5. The SMILES string of the molecule is CNc1ccc2c(O)cc(SOO[O-])cc2c1N=Nc1ccc(S(=O)(=O)CCOSOO[O-])cc1S(=O)(=O)[O-].[Na+].[Na+].[Na+]. The summed E-state index contributed by atoms with van der Waals surface area (Å²) in [5.41, 5.74) is 0.0121. The second kappa shape index (κ2) is 19.8. The Morgan fingerprint density at radius 2 is 1.62 bits per heavy atom. The summed E-state index contributed by atoms with van der Waals surface area (Å²) in [5, 5.41) is 48.0. The smallest absolute Gasteiger partial charge is 0.744 e. The van der Waals surface area contributed by atoms with Crippen molar-refractivity contribution < 1.29 is 149 Å². The van der Waals surface area contributed by atoms with Gasteiger partial charge in [-0.25, -0.2) is 16.8 Å². The van der Waals surface area contributed by atoms with E-state index >= 15 is 0 Å². The van der Waals surface area contributed by atoms with Crippen LogP contribution in [0.2, 0.25) is 0 Å². The first kappa shape index (κ1) is 42.4. The average Bonchev–Trinajstić information content (AvgIpc) is 2.89. The Hall–Kier alpha value is 0.400. The molecule has 0 atom stereocenters. The van der Waals surface area contributed by atoms with Gasteiger partial charge in [0.05, 0.1) is 39.9 Å². The minimum atomic E-state index is -5.23. The van der Waals surface area contributed by atoms with Crippen molar-refractivity contribution in [1.29, 1.82) is 0 Å². The van der Waals surface area contributed by atoms with Crippen molar-refractivity contribution in [3.05, 3.63) is 42.5 Å². The van der Waals surface area contributed by atoms with Crippen LogP contribution >= 0.6 is 24.4 Å². The Morgan fingerprint density at radius 3 is 2.24 bits per heavy atom. The second-order valence-corrected chi connectivity index (χ2v) is 11.8. The zero-order valence-electron chi connectivity index (χ0n) is 22.3. The Bertz CT molecular complexity index is 1580. The maximum Gasteiger partial charge on any atom is 1.00 e. The molecule has 0 saturated heterocycles. The van der Waals surface area contributed by atoms with Gasteiger partial charge in [0.15, 0.2) is 22.2 Å². The quantitative estimate of drug-likeness (QED) is 0.0304. The maximum atomic E-state index is 12.6. The van der Waals surface area contributed by atoms with Gasteiger partial charge in [0.2, 0.25) is 0 Å². The fourth-order valence-electron chi connectivity index (χ4n) is 3.19. The molecule has 0 aliphatic rings. The molecule has 3 aromatic carbocycles. The molecule has 3 rings (SSSR count). The summed E-state index contributed by atoms with van der Waals surface area (Å²) in [6.45, 7) is -0.468. The molecule has 3 aromatic rings. The van der Waals surface area contributed by atoms with Crippen molar-refractivity contribution >= 4 is 72.2 Å². The molecule has 212 valence electrons. The summed E-state index contributed by atoms with van der Waals surface area (Å²) in [6.07, 6.45) is 0. The van der Waals surface area contributed by atoms with E-state index in [0.717, 1.165) is 12.1 Å². The minimum absolute atomic E-state index is 0. The molecule has 16 nitrogen and oxygen atoms in total. The average molecular weight is 692 g/mol. The summed E-state index contributed by atoms with van der Waals surface area (Å²) in [5.74, 6) is -0.871. The largest absolute Gasteiger partial charge is 1.00 e. The molecule has 0 fully saturated rings. The predicted molar refractivity (Wildman–Crippen MR) is 130 cm³/mol. The van der Waals surface area contributed by atoms with E-state index in [1.54, 1.807) is 19.2 Å². The van der Waals surface area contributed by atoms with Gasteiger partial charge in [0.25, 0.3) is 0 Å². The van der Waals surface area contributed by atoms with Crippen LogP contribution in [0.5, 0.6) is 5.75 Å². The van der Waals surface area contributed by atoms with Crippen LogP contribution in [0.4, 0.5) is 17.1 Å². The third-order valence-corrected chi connectivity index (χ3v) is 8.31. The number of rotatable bonds is 14. The van der Waals surface area contributed by atoms with Crippen molar-refractivity contribution in [2.24, 2.45) is 10.2 Å². The van der Waals surface area contributed by atoms with Crippen molar-refractivity contribution in [3.8, 4) is 5.75 Å². The number of sulfone groups is 1. The van der Waals surface area contributed by atoms with Crippen LogP contribution in [-0.4, -0.2) is 45.9 Å². The standard InChI is InChI=1S/C19H19N3O13S4.3Na/c1-20-16-5-3-13-14(8-11(9-17(13)23)36-34-32-24)19(16)22-21-15-4-2-12(10-18(15)39(28,29)30)38(26,27)7-6-31-37-35-33-25;;;/h2-5,8-10,20,23-25H,6-7H2,1H3,(H,28,29,30);;;/q;3*+1/p-3. The zero-order valence-corrected chi connectivity index (χ0v) is 31.6. The van der Waals surface area contributed by atoms with E-state index < -0.39 is 47.8 Å². The third-order valence-electron chi connectivity index (χ3n) is 4.84. The number of nitrogens with one attached hydrogen (secondary N) is 1. The van der Waals surface area contributed by atoms with Gasteiger partial charge in [-0.3, -0.25) is 14.3 Å². The van der Waals surface area contributed by atoms with Crippen LogP contribution in [0.15, 0.2) is 67.4 Å². The van der Waals surface area contributed by atoms with Crippen molar-refractivity contribution in [3.63, 3.8) is 0 Å². The molecule has 42 heavy (non-hydrogen) atoms. The molecule has 0 heterocycles. The van der Waals surface area contributed by atoms with Crippen LogP contribution in [-0.2, 0) is 42.9 Å². The number of hydrogen-bond donors (Lipinski definition) is 2. The fourth-order valence-corrected chi connectivity index (χ4v) is 5.76. The minimum Gasteiger partial charge on any atom is -0.744 e. The van der Waals surface area contributed by atoms with E-state index in [4.69, 9.17) is 0 Å². The molecule has 0 radical (unpaired) electrons. The number of azo groups is 1. The number of hydrogen-bond acceptors (Lipinski definition) is 18. The number of phenolic OH excluding ortho intramolecular Hbond substituents is 1. The summed E-state index contributed by atoms with van der Waals surface area (Å²) in [7, 11) is -7.81. The number of phenols is 1. The fraction of sp³-hybridized carbons (Fsp3) is 0.158. The Labute approximate surface area is 314 Å².